The van der Waals surface area contributed by atoms with E-state index in [1.807, 2.05) is 60.7 Å². The summed E-state index contributed by atoms with van der Waals surface area (Å²) in [5, 5.41) is 0. The van der Waals surface area contributed by atoms with E-state index < -0.39 is 0 Å². The van der Waals surface area contributed by atoms with Crippen molar-refractivity contribution in [2.24, 2.45) is 0 Å². The van der Waals surface area contributed by atoms with Crippen molar-refractivity contribution in [2.75, 3.05) is 6.61 Å². The lowest BCUT2D eigenvalue weighted by Gasteiger charge is -2.12. The minimum atomic E-state index is -0.0541. The van der Waals surface area contributed by atoms with Gasteiger partial charge in [0, 0.05) is 0 Å². The number of benzene rings is 2. The fraction of sp³-hybridized carbons (Fsp3) is 0.111. The van der Waals surface area contributed by atoms with Crippen molar-refractivity contribution in [3.05, 3.63) is 90.5 Å². The molecule has 0 N–H and O–H groups in total. The van der Waals surface area contributed by atoms with Gasteiger partial charge in [0.05, 0.1) is 6.61 Å². The lowest BCUT2D eigenvalue weighted by molar-refractivity contribution is 0.110. The SMILES string of the molecule is C=C[C@@H](OC/C=C/c1ccccc1)c1ccccc1. The normalized spacial score (nSPS) is 12.4. The molecule has 0 saturated carbocycles. The third-order valence-corrected chi connectivity index (χ3v) is 2.82. The number of ether oxygens (including phenoxy) is 1. The summed E-state index contributed by atoms with van der Waals surface area (Å²) >= 11 is 0. The predicted octanol–water partition coefficient (Wildman–Crippen LogP) is 4.64. The highest BCUT2D eigenvalue weighted by molar-refractivity contribution is 5.48. The highest BCUT2D eigenvalue weighted by Crippen LogP contribution is 2.17. The van der Waals surface area contributed by atoms with E-state index in [2.05, 4.69) is 24.8 Å². The second kappa shape index (κ2) is 7.34. The average Bonchev–Trinajstić information content (AvgIpc) is 2.49. The van der Waals surface area contributed by atoms with Gasteiger partial charge in [-0.1, -0.05) is 78.9 Å². The third-order valence-electron chi connectivity index (χ3n) is 2.82. The van der Waals surface area contributed by atoms with Gasteiger partial charge in [-0.05, 0) is 11.1 Å². The minimum Gasteiger partial charge on any atom is -0.365 e. The molecule has 0 aromatic heterocycles. The fourth-order valence-corrected chi connectivity index (χ4v) is 1.85. The zero-order chi connectivity index (χ0) is 13.3. The first-order valence-corrected chi connectivity index (χ1v) is 6.41. The molecule has 1 atom stereocenters. The van der Waals surface area contributed by atoms with Crippen LogP contribution in [0.4, 0.5) is 0 Å². The molecule has 1 nitrogen and oxygen atoms in total. The van der Waals surface area contributed by atoms with Crippen LogP contribution in [-0.2, 0) is 4.74 Å². The van der Waals surface area contributed by atoms with Gasteiger partial charge in [0.25, 0.3) is 0 Å². The van der Waals surface area contributed by atoms with E-state index in [4.69, 9.17) is 4.74 Å². The topological polar surface area (TPSA) is 9.23 Å². The van der Waals surface area contributed by atoms with Crippen LogP contribution in [0.5, 0.6) is 0 Å². The second-order valence-electron chi connectivity index (χ2n) is 4.21. The maximum atomic E-state index is 5.79. The van der Waals surface area contributed by atoms with Crippen LogP contribution in [0.25, 0.3) is 6.08 Å². The van der Waals surface area contributed by atoms with Crippen LogP contribution in [0.3, 0.4) is 0 Å². The van der Waals surface area contributed by atoms with E-state index in [0.717, 1.165) is 5.56 Å². The smallest absolute Gasteiger partial charge is 0.101 e. The van der Waals surface area contributed by atoms with Crippen LogP contribution >= 0.6 is 0 Å². The molecule has 0 radical (unpaired) electrons. The van der Waals surface area contributed by atoms with Gasteiger partial charge in [-0.25, -0.2) is 0 Å². The molecule has 0 unspecified atom stereocenters. The zero-order valence-corrected chi connectivity index (χ0v) is 10.9. The summed E-state index contributed by atoms with van der Waals surface area (Å²) in [7, 11) is 0. The zero-order valence-electron chi connectivity index (χ0n) is 10.9. The van der Waals surface area contributed by atoms with Crippen molar-refractivity contribution in [1.29, 1.82) is 0 Å². The summed E-state index contributed by atoms with van der Waals surface area (Å²) in [4.78, 5) is 0. The van der Waals surface area contributed by atoms with Crippen molar-refractivity contribution < 1.29 is 4.74 Å². The first-order chi connectivity index (χ1) is 9.40. The molecule has 0 saturated heterocycles. The molecule has 19 heavy (non-hydrogen) atoms. The third kappa shape index (κ3) is 4.23. The highest BCUT2D eigenvalue weighted by atomic mass is 16.5. The Morgan fingerprint density at radius 3 is 2.21 bits per heavy atom. The quantitative estimate of drug-likeness (QED) is 0.678. The van der Waals surface area contributed by atoms with E-state index in [-0.39, 0.29) is 6.10 Å². The standard InChI is InChI=1S/C18H18O/c1-2-18(17-13-7-4-8-14-17)19-15-9-12-16-10-5-3-6-11-16/h2-14,18H,1,15H2/b12-9+/t18-/m1/s1. The molecule has 0 bridgehead atoms. The van der Waals surface area contributed by atoms with Crippen molar-refractivity contribution in [3.63, 3.8) is 0 Å². The van der Waals surface area contributed by atoms with E-state index in [0.29, 0.717) is 6.61 Å². The van der Waals surface area contributed by atoms with Crippen molar-refractivity contribution in [2.45, 2.75) is 6.10 Å². The Bertz CT molecular complexity index is 514. The van der Waals surface area contributed by atoms with Crippen LogP contribution in [0.15, 0.2) is 79.4 Å². The van der Waals surface area contributed by atoms with E-state index in [1.165, 1.54) is 5.56 Å². The molecule has 2 rings (SSSR count). The molecule has 0 amide bonds. The number of hydrogen-bond acceptors (Lipinski definition) is 1. The van der Waals surface area contributed by atoms with Crippen molar-refractivity contribution in [3.8, 4) is 0 Å². The average molecular weight is 250 g/mol. The Morgan fingerprint density at radius 1 is 0.947 bits per heavy atom. The molecule has 96 valence electrons. The van der Waals surface area contributed by atoms with Gasteiger partial charge >= 0.3 is 0 Å². The van der Waals surface area contributed by atoms with Crippen LogP contribution in [0, 0.1) is 0 Å². The lowest BCUT2D eigenvalue weighted by atomic mass is 10.1. The van der Waals surface area contributed by atoms with E-state index >= 15 is 0 Å². The predicted molar refractivity (Wildman–Crippen MR) is 80.8 cm³/mol. The number of hydrogen-bond donors (Lipinski definition) is 0. The molecule has 0 aliphatic rings. The molecule has 2 aromatic rings. The van der Waals surface area contributed by atoms with Crippen molar-refractivity contribution >= 4 is 6.08 Å². The second-order valence-corrected chi connectivity index (χ2v) is 4.21. The maximum absolute atomic E-state index is 5.79. The molecule has 0 fully saturated rings. The van der Waals surface area contributed by atoms with Gasteiger partial charge in [-0.15, -0.1) is 6.58 Å². The Labute approximate surface area is 114 Å². The number of rotatable bonds is 6. The van der Waals surface area contributed by atoms with Gasteiger partial charge in [0.2, 0.25) is 0 Å². The molecule has 0 spiro atoms. The molecule has 2 aromatic carbocycles. The Morgan fingerprint density at radius 2 is 1.58 bits per heavy atom. The van der Waals surface area contributed by atoms with Crippen molar-refractivity contribution in [1.82, 2.24) is 0 Å². The Balaban J connectivity index is 1.88. The van der Waals surface area contributed by atoms with Gasteiger partial charge < -0.3 is 4.74 Å². The monoisotopic (exact) mass is 250 g/mol. The highest BCUT2D eigenvalue weighted by Gasteiger charge is 2.05. The summed E-state index contributed by atoms with van der Waals surface area (Å²) in [6.07, 6.45) is 5.85. The Kier molecular flexibility index (Phi) is 5.15. The summed E-state index contributed by atoms with van der Waals surface area (Å²) in [5.74, 6) is 0. The van der Waals surface area contributed by atoms with Crippen LogP contribution in [-0.4, -0.2) is 6.61 Å². The fourth-order valence-electron chi connectivity index (χ4n) is 1.85. The first-order valence-electron chi connectivity index (χ1n) is 6.41. The molecular weight excluding hydrogens is 232 g/mol. The minimum absolute atomic E-state index is 0.0541. The van der Waals surface area contributed by atoms with Gasteiger partial charge in [0.1, 0.15) is 6.10 Å². The largest absolute Gasteiger partial charge is 0.365 e. The summed E-state index contributed by atoms with van der Waals surface area (Å²) in [6.45, 7) is 4.40. The molecule has 0 heterocycles. The van der Waals surface area contributed by atoms with Gasteiger partial charge in [0.15, 0.2) is 0 Å². The molecule has 0 aliphatic heterocycles. The Hall–Kier alpha value is -2.12. The lowest BCUT2D eigenvalue weighted by Crippen LogP contribution is -2.00. The van der Waals surface area contributed by atoms with Crippen LogP contribution in [0.2, 0.25) is 0 Å². The molecule has 1 heteroatoms. The van der Waals surface area contributed by atoms with Crippen LogP contribution < -0.4 is 0 Å². The summed E-state index contributed by atoms with van der Waals surface area (Å²) in [6, 6.07) is 20.3. The molecule has 0 aliphatic carbocycles. The molecular formula is C18H18O. The van der Waals surface area contributed by atoms with Crippen LogP contribution in [0.1, 0.15) is 17.2 Å². The first kappa shape index (κ1) is 13.3. The van der Waals surface area contributed by atoms with E-state index in [9.17, 15) is 0 Å². The van der Waals surface area contributed by atoms with Gasteiger partial charge in [-0.2, -0.15) is 0 Å². The maximum Gasteiger partial charge on any atom is 0.101 e. The summed E-state index contributed by atoms with van der Waals surface area (Å²) < 4.78 is 5.79. The summed E-state index contributed by atoms with van der Waals surface area (Å²) in [5.41, 5.74) is 2.31. The van der Waals surface area contributed by atoms with E-state index in [1.54, 1.807) is 0 Å². The van der Waals surface area contributed by atoms with Gasteiger partial charge in [-0.3, -0.25) is 0 Å².